The molecule has 0 aliphatic carbocycles. The van der Waals surface area contributed by atoms with Crippen molar-refractivity contribution < 1.29 is 4.79 Å². The Balaban J connectivity index is 1.60. The number of para-hydroxylation sites is 2. The zero-order valence-electron chi connectivity index (χ0n) is 14.5. The fourth-order valence-corrected chi connectivity index (χ4v) is 3.58. The molecule has 25 heavy (non-hydrogen) atoms. The highest BCUT2D eigenvalue weighted by atomic mass is 32.2. The van der Waals surface area contributed by atoms with Crippen LogP contribution in [0.3, 0.4) is 0 Å². The quantitative estimate of drug-likeness (QED) is 0.807. The summed E-state index contributed by atoms with van der Waals surface area (Å²) in [6.07, 6.45) is 1.74. The van der Waals surface area contributed by atoms with E-state index in [0.29, 0.717) is 5.75 Å². The molecular weight excluding hydrogens is 332 g/mol. The Morgan fingerprint density at radius 1 is 1.12 bits per heavy atom. The van der Waals surface area contributed by atoms with Crippen LogP contribution in [0.5, 0.6) is 0 Å². The molecule has 5 nitrogen and oxygen atoms in total. The van der Waals surface area contributed by atoms with Crippen LogP contribution >= 0.6 is 11.8 Å². The number of likely N-dealkylation sites (N-methyl/N-ethyl adjacent to an activating group) is 1. The lowest BCUT2D eigenvalue weighted by Gasteiger charge is -2.36. The molecule has 2 aromatic rings. The summed E-state index contributed by atoms with van der Waals surface area (Å²) < 4.78 is 0. The molecule has 3 rings (SSSR count). The molecule has 1 amide bonds. The van der Waals surface area contributed by atoms with Gasteiger partial charge < -0.3 is 15.1 Å². The summed E-state index contributed by atoms with van der Waals surface area (Å²) in [4.78, 5) is 21.4. The number of carbonyl (C=O) groups is 1. The van der Waals surface area contributed by atoms with Gasteiger partial charge in [-0.05, 0) is 30.8 Å². The zero-order valence-corrected chi connectivity index (χ0v) is 15.3. The van der Waals surface area contributed by atoms with Crippen LogP contribution < -0.4 is 10.2 Å². The van der Waals surface area contributed by atoms with Crippen LogP contribution in [0.2, 0.25) is 0 Å². The first kappa shape index (κ1) is 17.8. The standard InChI is InChI=1S/C19H24N4OS/c1-2-22-11-13-23(14-12-22)17-8-4-3-7-16(17)21-18(24)15-25-19-9-5-6-10-20-19/h3-10H,2,11-15H2,1H3,(H,21,24). The largest absolute Gasteiger partial charge is 0.367 e. The SMILES string of the molecule is CCN1CCN(c2ccccc2NC(=O)CSc2ccccn2)CC1. The fraction of sp³-hybridized carbons (Fsp3) is 0.368. The minimum Gasteiger partial charge on any atom is -0.367 e. The maximum absolute atomic E-state index is 12.3. The number of carbonyl (C=O) groups excluding carboxylic acids is 1. The van der Waals surface area contributed by atoms with E-state index in [1.165, 1.54) is 11.8 Å². The van der Waals surface area contributed by atoms with Crippen molar-refractivity contribution in [2.24, 2.45) is 0 Å². The molecule has 1 aromatic heterocycles. The van der Waals surface area contributed by atoms with Crippen LogP contribution in [-0.2, 0) is 4.79 Å². The van der Waals surface area contributed by atoms with E-state index in [9.17, 15) is 4.79 Å². The maximum atomic E-state index is 12.3. The molecule has 1 aromatic carbocycles. The van der Waals surface area contributed by atoms with Crippen LogP contribution in [0, 0.1) is 0 Å². The summed E-state index contributed by atoms with van der Waals surface area (Å²) >= 11 is 1.45. The van der Waals surface area contributed by atoms with Gasteiger partial charge in [0.2, 0.25) is 5.91 Å². The summed E-state index contributed by atoms with van der Waals surface area (Å²) in [5.74, 6) is 0.352. The number of piperazine rings is 1. The first-order valence-corrected chi connectivity index (χ1v) is 9.65. The van der Waals surface area contributed by atoms with Crippen molar-refractivity contribution in [3.63, 3.8) is 0 Å². The molecule has 1 saturated heterocycles. The van der Waals surface area contributed by atoms with Gasteiger partial charge in [0.25, 0.3) is 0 Å². The van der Waals surface area contributed by atoms with Gasteiger partial charge in [0, 0.05) is 32.4 Å². The second-order valence-electron chi connectivity index (χ2n) is 5.94. The highest BCUT2D eigenvalue weighted by Gasteiger charge is 2.18. The number of rotatable bonds is 6. The monoisotopic (exact) mass is 356 g/mol. The van der Waals surface area contributed by atoms with Crippen molar-refractivity contribution in [2.75, 3.05) is 48.7 Å². The fourth-order valence-electron chi connectivity index (χ4n) is 2.92. The van der Waals surface area contributed by atoms with Gasteiger partial charge in [0.15, 0.2) is 0 Å². The van der Waals surface area contributed by atoms with Gasteiger partial charge in [-0.3, -0.25) is 4.79 Å². The number of hydrogen-bond acceptors (Lipinski definition) is 5. The van der Waals surface area contributed by atoms with Gasteiger partial charge >= 0.3 is 0 Å². The number of aromatic nitrogens is 1. The maximum Gasteiger partial charge on any atom is 0.234 e. The third kappa shape index (κ3) is 4.96. The number of amides is 1. The van der Waals surface area contributed by atoms with Gasteiger partial charge in [-0.15, -0.1) is 0 Å². The second-order valence-corrected chi connectivity index (χ2v) is 6.94. The number of anilines is 2. The van der Waals surface area contributed by atoms with E-state index in [4.69, 9.17) is 0 Å². The molecule has 0 atom stereocenters. The van der Waals surface area contributed by atoms with Crippen molar-refractivity contribution in [2.45, 2.75) is 11.9 Å². The first-order chi connectivity index (χ1) is 12.3. The van der Waals surface area contributed by atoms with Crippen molar-refractivity contribution in [1.29, 1.82) is 0 Å². The van der Waals surface area contributed by atoms with E-state index in [-0.39, 0.29) is 5.91 Å². The summed E-state index contributed by atoms with van der Waals surface area (Å²) in [7, 11) is 0. The number of benzene rings is 1. The second kappa shape index (κ2) is 8.87. The van der Waals surface area contributed by atoms with Crippen LogP contribution in [0.15, 0.2) is 53.7 Å². The van der Waals surface area contributed by atoms with Crippen LogP contribution in [0.25, 0.3) is 0 Å². The molecule has 2 heterocycles. The molecule has 132 valence electrons. The topological polar surface area (TPSA) is 48.5 Å². The van der Waals surface area contributed by atoms with E-state index in [1.807, 2.05) is 36.4 Å². The average molecular weight is 356 g/mol. The molecule has 0 radical (unpaired) electrons. The summed E-state index contributed by atoms with van der Waals surface area (Å²) in [5, 5.41) is 3.92. The van der Waals surface area contributed by atoms with E-state index in [1.54, 1.807) is 6.20 Å². The Hall–Kier alpha value is -2.05. The van der Waals surface area contributed by atoms with E-state index in [0.717, 1.165) is 49.1 Å². The van der Waals surface area contributed by atoms with E-state index >= 15 is 0 Å². The lowest BCUT2D eigenvalue weighted by molar-refractivity contribution is -0.113. The molecule has 1 aliphatic heterocycles. The summed E-state index contributed by atoms with van der Waals surface area (Å²) in [5.41, 5.74) is 1.99. The molecule has 0 saturated carbocycles. The van der Waals surface area contributed by atoms with Gasteiger partial charge in [0.1, 0.15) is 0 Å². The summed E-state index contributed by atoms with van der Waals surface area (Å²) in [6.45, 7) is 7.40. The van der Waals surface area contributed by atoms with Crippen molar-refractivity contribution in [1.82, 2.24) is 9.88 Å². The van der Waals surface area contributed by atoms with Gasteiger partial charge in [-0.25, -0.2) is 4.98 Å². The highest BCUT2D eigenvalue weighted by molar-refractivity contribution is 7.99. The third-order valence-corrected chi connectivity index (χ3v) is 5.27. The molecule has 1 fully saturated rings. The van der Waals surface area contributed by atoms with Gasteiger partial charge in [-0.2, -0.15) is 0 Å². The van der Waals surface area contributed by atoms with Crippen molar-refractivity contribution in [3.05, 3.63) is 48.7 Å². The van der Waals surface area contributed by atoms with Crippen LogP contribution in [0.4, 0.5) is 11.4 Å². The van der Waals surface area contributed by atoms with Crippen molar-refractivity contribution >= 4 is 29.0 Å². The number of nitrogens with one attached hydrogen (secondary N) is 1. The number of nitrogens with zero attached hydrogens (tertiary/aromatic N) is 3. The molecule has 0 unspecified atom stereocenters. The molecule has 1 aliphatic rings. The Kier molecular flexibility index (Phi) is 6.30. The number of hydrogen-bond donors (Lipinski definition) is 1. The van der Waals surface area contributed by atoms with Crippen LogP contribution in [-0.4, -0.2) is 54.3 Å². The molecule has 0 bridgehead atoms. The molecule has 0 spiro atoms. The number of pyridine rings is 1. The van der Waals surface area contributed by atoms with E-state index in [2.05, 4.69) is 33.1 Å². The Bertz CT molecular complexity index is 687. The lowest BCUT2D eigenvalue weighted by Crippen LogP contribution is -2.46. The minimum atomic E-state index is -0.00435. The van der Waals surface area contributed by atoms with Crippen molar-refractivity contribution in [3.8, 4) is 0 Å². The Labute approximate surface area is 153 Å². The Morgan fingerprint density at radius 3 is 2.60 bits per heavy atom. The van der Waals surface area contributed by atoms with Crippen LogP contribution in [0.1, 0.15) is 6.92 Å². The zero-order chi connectivity index (χ0) is 17.5. The van der Waals surface area contributed by atoms with Gasteiger partial charge in [0.05, 0.1) is 22.2 Å². The summed E-state index contributed by atoms with van der Waals surface area (Å²) in [6, 6.07) is 13.8. The molecular formula is C19H24N4OS. The predicted molar refractivity (Wildman–Crippen MR) is 104 cm³/mol. The molecule has 6 heteroatoms. The minimum absolute atomic E-state index is 0.00435. The first-order valence-electron chi connectivity index (χ1n) is 8.66. The lowest BCUT2D eigenvalue weighted by atomic mass is 10.2. The normalized spacial score (nSPS) is 15.2. The predicted octanol–water partition coefficient (Wildman–Crippen LogP) is 2.95. The Morgan fingerprint density at radius 2 is 1.88 bits per heavy atom. The number of thioether (sulfide) groups is 1. The average Bonchev–Trinajstić information content (AvgIpc) is 2.68. The van der Waals surface area contributed by atoms with Gasteiger partial charge in [-0.1, -0.05) is 36.9 Å². The smallest absolute Gasteiger partial charge is 0.234 e. The van der Waals surface area contributed by atoms with E-state index < -0.39 is 0 Å². The molecule has 1 N–H and O–H groups in total. The highest BCUT2D eigenvalue weighted by Crippen LogP contribution is 2.27. The third-order valence-electron chi connectivity index (χ3n) is 4.33.